The Kier molecular flexibility index (Phi) is 2.40. The number of carbonyl (C=O) groups is 1. The first-order valence-corrected chi connectivity index (χ1v) is 5.05. The smallest absolute Gasteiger partial charge is 0.321 e. The average molecular weight is 227 g/mol. The molecular formula is C10H11ClN2O2. The van der Waals surface area contributed by atoms with Gasteiger partial charge in [-0.05, 0) is 25.0 Å². The predicted molar refractivity (Wildman–Crippen MR) is 55.8 cm³/mol. The Labute approximate surface area is 92.1 Å². The molecule has 1 aliphatic rings. The highest BCUT2D eigenvalue weighted by atomic mass is 35.5. The van der Waals surface area contributed by atoms with Gasteiger partial charge < -0.3 is 10.8 Å². The van der Waals surface area contributed by atoms with E-state index in [9.17, 15) is 4.79 Å². The molecule has 0 bridgehead atoms. The maximum atomic E-state index is 10.9. The number of nitrogens with two attached hydrogens (primary N) is 1. The minimum absolute atomic E-state index is 0.372. The zero-order chi connectivity index (χ0) is 11.1. The van der Waals surface area contributed by atoms with E-state index in [1.807, 2.05) is 0 Å². The Morgan fingerprint density at radius 3 is 2.73 bits per heavy atom. The van der Waals surface area contributed by atoms with Crippen LogP contribution in [0.3, 0.4) is 0 Å². The number of halogens is 1. The number of aliphatic carboxylic acids is 1. The molecule has 1 saturated carbocycles. The molecule has 3 N–H and O–H groups in total. The molecular weight excluding hydrogens is 216 g/mol. The van der Waals surface area contributed by atoms with Gasteiger partial charge in [0.05, 0.1) is 5.69 Å². The van der Waals surface area contributed by atoms with E-state index >= 15 is 0 Å². The quantitative estimate of drug-likeness (QED) is 0.759. The highest BCUT2D eigenvalue weighted by molar-refractivity contribution is 6.29. The molecule has 1 aromatic heterocycles. The third kappa shape index (κ3) is 1.70. The van der Waals surface area contributed by atoms with Gasteiger partial charge in [-0.25, -0.2) is 4.98 Å². The molecule has 1 heterocycles. The molecule has 5 heteroatoms. The lowest BCUT2D eigenvalue weighted by Gasteiger charge is -2.18. The van der Waals surface area contributed by atoms with Crippen LogP contribution < -0.4 is 5.73 Å². The fourth-order valence-corrected chi connectivity index (χ4v) is 1.95. The van der Waals surface area contributed by atoms with Crippen LogP contribution in [0.5, 0.6) is 0 Å². The standard InChI is InChI=1S/C10H11ClN2O2/c11-7-3-1-2-6(13-7)10(4-5-10)8(12)9(14)15/h1-3,8H,4-5,12H2,(H,14,15). The fourth-order valence-electron chi connectivity index (χ4n) is 1.78. The second-order valence-corrected chi connectivity index (χ2v) is 4.20. The summed E-state index contributed by atoms with van der Waals surface area (Å²) in [5.74, 6) is -0.991. The summed E-state index contributed by atoms with van der Waals surface area (Å²) in [5, 5.41) is 9.27. The van der Waals surface area contributed by atoms with Gasteiger partial charge in [-0.1, -0.05) is 17.7 Å². The summed E-state index contributed by atoms with van der Waals surface area (Å²) in [5.41, 5.74) is 5.84. The van der Waals surface area contributed by atoms with Crippen molar-refractivity contribution < 1.29 is 9.90 Å². The molecule has 2 rings (SSSR count). The summed E-state index contributed by atoms with van der Waals surface area (Å²) in [6.45, 7) is 0. The maximum Gasteiger partial charge on any atom is 0.321 e. The van der Waals surface area contributed by atoms with Crippen molar-refractivity contribution in [2.24, 2.45) is 5.73 Å². The number of hydrogen-bond donors (Lipinski definition) is 2. The summed E-state index contributed by atoms with van der Waals surface area (Å²) in [4.78, 5) is 15.0. The topological polar surface area (TPSA) is 76.2 Å². The van der Waals surface area contributed by atoms with Crippen LogP contribution in [0.4, 0.5) is 0 Å². The van der Waals surface area contributed by atoms with Crippen LogP contribution in [0.25, 0.3) is 0 Å². The summed E-state index contributed by atoms with van der Waals surface area (Å²) in [7, 11) is 0. The maximum absolute atomic E-state index is 10.9. The van der Waals surface area contributed by atoms with E-state index in [1.165, 1.54) is 0 Å². The predicted octanol–water partition coefficient (Wildman–Crippen LogP) is 1.18. The molecule has 1 aliphatic carbocycles. The number of rotatable bonds is 3. The molecule has 0 amide bonds. The Morgan fingerprint density at radius 2 is 2.27 bits per heavy atom. The SMILES string of the molecule is NC(C(=O)O)C1(c2cccc(Cl)n2)CC1. The van der Waals surface area contributed by atoms with Gasteiger partial charge in [0.1, 0.15) is 11.2 Å². The van der Waals surface area contributed by atoms with Crippen molar-refractivity contribution >= 4 is 17.6 Å². The molecule has 15 heavy (non-hydrogen) atoms. The molecule has 4 nitrogen and oxygen atoms in total. The van der Waals surface area contributed by atoms with Crippen molar-refractivity contribution in [3.63, 3.8) is 0 Å². The number of carboxylic acid groups (broad SMARTS) is 1. The summed E-state index contributed by atoms with van der Waals surface area (Å²) in [6, 6.07) is 4.30. The normalized spacial score (nSPS) is 19.6. The number of pyridine rings is 1. The van der Waals surface area contributed by atoms with Crippen molar-refractivity contribution in [1.82, 2.24) is 4.98 Å². The zero-order valence-corrected chi connectivity index (χ0v) is 8.74. The molecule has 0 radical (unpaired) electrons. The Hall–Kier alpha value is -1.13. The fraction of sp³-hybridized carbons (Fsp3) is 0.400. The summed E-state index contributed by atoms with van der Waals surface area (Å²) in [6.07, 6.45) is 1.52. The average Bonchev–Trinajstić information content (AvgIpc) is 2.97. The van der Waals surface area contributed by atoms with E-state index in [0.717, 1.165) is 12.8 Å². The van der Waals surface area contributed by atoms with Gasteiger partial charge in [-0.3, -0.25) is 4.79 Å². The lowest BCUT2D eigenvalue weighted by atomic mass is 9.93. The van der Waals surface area contributed by atoms with Crippen LogP contribution in [-0.4, -0.2) is 22.1 Å². The molecule has 0 aromatic carbocycles. The molecule has 1 atom stereocenters. The first-order chi connectivity index (χ1) is 7.06. The zero-order valence-electron chi connectivity index (χ0n) is 7.98. The molecule has 0 spiro atoms. The Balaban J connectivity index is 2.34. The van der Waals surface area contributed by atoms with E-state index in [2.05, 4.69) is 4.98 Å². The minimum Gasteiger partial charge on any atom is -0.480 e. The van der Waals surface area contributed by atoms with Crippen molar-refractivity contribution in [3.8, 4) is 0 Å². The van der Waals surface area contributed by atoms with E-state index in [0.29, 0.717) is 10.8 Å². The van der Waals surface area contributed by atoms with Crippen molar-refractivity contribution in [3.05, 3.63) is 29.0 Å². The van der Waals surface area contributed by atoms with Crippen LogP contribution in [0, 0.1) is 0 Å². The van der Waals surface area contributed by atoms with E-state index in [4.69, 9.17) is 22.4 Å². The number of hydrogen-bond acceptors (Lipinski definition) is 3. The van der Waals surface area contributed by atoms with E-state index in [1.54, 1.807) is 18.2 Å². The van der Waals surface area contributed by atoms with Gasteiger partial charge in [-0.2, -0.15) is 0 Å². The van der Waals surface area contributed by atoms with Gasteiger partial charge in [0.2, 0.25) is 0 Å². The Bertz CT molecular complexity index is 404. The third-order valence-corrected chi connectivity index (χ3v) is 3.09. The van der Waals surface area contributed by atoms with Gasteiger partial charge in [0, 0.05) is 5.41 Å². The van der Waals surface area contributed by atoms with Gasteiger partial charge in [0.15, 0.2) is 0 Å². The van der Waals surface area contributed by atoms with Crippen molar-refractivity contribution in [2.45, 2.75) is 24.3 Å². The van der Waals surface area contributed by atoms with Crippen LogP contribution in [-0.2, 0) is 10.2 Å². The second kappa shape index (κ2) is 3.47. The third-order valence-electron chi connectivity index (χ3n) is 2.88. The van der Waals surface area contributed by atoms with Gasteiger partial charge >= 0.3 is 5.97 Å². The number of aromatic nitrogens is 1. The Morgan fingerprint density at radius 1 is 1.60 bits per heavy atom. The second-order valence-electron chi connectivity index (χ2n) is 3.82. The number of carboxylic acids is 1. The van der Waals surface area contributed by atoms with Crippen LogP contribution in [0.1, 0.15) is 18.5 Å². The molecule has 80 valence electrons. The first kappa shape index (κ1) is 10.4. The summed E-state index contributed by atoms with van der Waals surface area (Å²) >= 11 is 5.76. The molecule has 0 aliphatic heterocycles. The lowest BCUT2D eigenvalue weighted by Crippen LogP contribution is -2.42. The molecule has 1 unspecified atom stereocenters. The monoisotopic (exact) mass is 226 g/mol. The van der Waals surface area contributed by atoms with Crippen molar-refractivity contribution in [2.75, 3.05) is 0 Å². The minimum atomic E-state index is -0.991. The van der Waals surface area contributed by atoms with Gasteiger partial charge in [0.25, 0.3) is 0 Å². The lowest BCUT2D eigenvalue weighted by molar-refractivity contribution is -0.139. The van der Waals surface area contributed by atoms with Gasteiger partial charge in [-0.15, -0.1) is 0 Å². The highest BCUT2D eigenvalue weighted by Gasteiger charge is 2.53. The van der Waals surface area contributed by atoms with Crippen molar-refractivity contribution in [1.29, 1.82) is 0 Å². The molecule has 1 fully saturated rings. The summed E-state index contributed by atoms with van der Waals surface area (Å²) < 4.78 is 0. The molecule has 1 aromatic rings. The van der Waals surface area contributed by atoms with Crippen LogP contribution in [0.15, 0.2) is 18.2 Å². The van der Waals surface area contributed by atoms with Crippen LogP contribution in [0.2, 0.25) is 5.15 Å². The van der Waals surface area contributed by atoms with Crippen LogP contribution >= 0.6 is 11.6 Å². The van der Waals surface area contributed by atoms with E-state index in [-0.39, 0.29) is 0 Å². The van der Waals surface area contributed by atoms with E-state index < -0.39 is 17.4 Å². The number of nitrogens with zero attached hydrogens (tertiary/aromatic N) is 1. The largest absolute Gasteiger partial charge is 0.480 e. The highest BCUT2D eigenvalue weighted by Crippen LogP contribution is 2.49. The molecule has 0 saturated heterocycles. The first-order valence-electron chi connectivity index (χ1n) is 4.68.